The molecule has 0 bridgehead atoms. The van der Waals surface area contributed by atoms with Gasteiger partial charge in [-0.3, -0.25) is 9.59 Å². The number of anilines is 1. The molecule has 0 fully saturated rings. The van der Waals surface area contributed by atoms with E-state index < -0.39 is 0 Å². The number of carbonyl (C=O) groups excluding carboxylic acids is 2. The highest BCUT2D eigenvalue weighted by Crippen LogP contribution is 2.38. The number of benzene rings is 1. The molecule has 1 aromatic carbocycles. The van der Waals surface area contributed by atoms with Crippen LogP contribution in [0.15, 0.2) is 36.9 Å². The standard InChI is InChI=1S/C23H26N6O2S/c1-4-12-24-22(31)19-17-10-5-6-11-18(17)32-23(19)25-21(30)16-9-7-8-15(13-16)20-26-27-28-29(20)14(2)3/h4,7-9,13-14H,1,5-6,10-12H2,2-3H3,(H,24,31)(H,25,30). The van der Waals surface area contributed by atoms with Gasteiger partial charge in [-0.15, -0.1) is 23.0 Å². The van der Waals surface area contributed by atoms with E-state index in [-0.39, 0.29) is 17.9 Å². The lowest BCUT2D eigenvalue weighted by atomic mass is 9.95. The van der Waals surface area contributed by atoms with E-state index in [0.717, 1.165) is 36.8 Å². The number of hydrogen-bond acceptors (Lipinski definition) is 6. The molecule has 1 aliphatic rings. The van der Waals surface area contributed by atoms with Crippen molar-refractivity contribution in [2.45, 2.75) is 45.6 Å². The quantitative estimate of drug-likeness (QED) is 0.529. The van der Waals surface area contributed by atoms with Crippen LogP contribution in [0.1, 0.15) is 63.9 Å². The maximum absolute atomic E-state index is 13.1. The van der Waals surface area contributed by atoms with E-state index in [1.165, 1.54) is 16.2 Å². The van der Waals surface area contributed by atoms with E-state index in [9.17, 15) is 9.59 Å². The fourth-order valence-corrected chi connectivity index (χ4v) is 5.14. The van der Waals surface area contributed by atoms with Gasteiger partial charge in [-0.1, -0.05) is 18.2 Å². The second kappa shape index (κ2) is 9.44. The number of hydrogen-bond donors (Lipinski definition) is 2. The monoisotopic (exact) mass is 450 g/mol. The Morgan fingerprint density at radius 1 is 1.25 bits per heavy atom. The van der Waals surface area contributed by atoms with Crippen molar-refractivity contribution in [3.05, 3.63) is 58.5 Å². The fraction of sp³-hybridized carbons (Fsp3) is 0.348. The second-order valence-electron chi connectivity index (χ2n) is 7.99. The van der Waals surface area contributed by atoms with E-state index in [0.29, 0.717) is 28.5 Å². The first-order chi connectivity index (χ1) is 15.5. The lowest BCUT2D eigenvalue weighted by Gasteiger charge is -2.13. The van der Waals surface area contributed by atoms with E-state index in [2.05, 4.69) is 32.7 Å². The first-order valence-corrected chi connectivity index (χ1v) is 11.5. The average molecular weight is 451 g/mol. The Kier molecular flexibility index (Phi) is 6.45. The molecular formula is C23H26N6O2S. The summed E-state index contributed by atoms with van der Waals surface area (Å²) in [6, 6.07) is 7.28. The molecule has 166 valence electrons. The minimum absolute atomic E-state index is 0.0894. The van der Waals surface area contributed by atoms with Crippen molar-refractivity contribution in [2.24, 2.45) is 0 Å². The number of carbonyl (C=O) groups is 2. The molecule has 2 aromatic heterocycles. The minimum atomic E-state index is -0.271. The molecule has 1 aliphatic carbocycles. The van der Waals surface area contributed by atoms with Gasteiger partial charge in [0.1, 0.15) is 5.00 Å². The van der Waals surface area contributed by atoms with Crippen LogP contribution in [0.3, 0.4) is 0 Å². The van der Waals surface area contributed by atoms with Gasteiger partial charge in [-0.2, -0.15) is 0 Å². The molecule has 0 atom stereocenters. The van der Waals surface area contributed by atoms with Crippen molar-refractivity contribution in [1.29, 1.82) is 0 Å². The van der Waals surface area contributed by atoms with E-state index >= 15 is 0 Å². The molecule has 0 saturated carbocycles. The van der Waals surface area contributed by atoms with Crippen molar-refractivity contribution >= 4 is 28.2 Å². The molecule has 4 rings (SSSR count). The Morgan fingerprint density at radius 3 is 2.84 bits per heavy atom. The predicted molar refractivity (Wildman–Crippen MR) is 125 cm³/mol. The third-order valence-electron chi connectivity index (χ3n) is 5.40. The topological polar surface area (TPSA) is 102 Å². The summed E-state index contributed by atoms with van der Waals surface area (Å²) in [5, 5.41) is 18.4. The van der Waals surface area contributed by atoms with Gasteiger partial charge in [-0.05, 0) is 67.7 Å². The Bertz CT molecular complexity index is 1160. The number of rotatable bonds is 7. The van der Waals surface area contributed by atoms with Crippen LogP contribution in [0.5, 0.6) is 0 Å². The summed E-state index contributed by atoms with van der Waals surface area (Å²) in [4.78, 5) is 27.2. The van der Waals surface area contributed by atoms with Gasteiger partial charge in [0, 0.05) is 22.5 Å². The van der Waals surface area contributed by atoms with Crippen molar-refractivity contribution < 1.29 is 9.59 Å². The molecule has 0 spiro atoms. The molecule has 0 aliphatic heterocycles. The summed E-state index contributed by atoms with van der Waals surface area (Å²) in [7, 11) is 0. The van der Waals surface area contributed by atoms with E-state index in [4.69, 9.17) is 0 Å². The Labute approximate surface area is 190 Å². The van der Waals surface area contributed by atoms with Crippen LogP contribution in [-0.2, 0) is 12.8 Å². The van der Waals surface area contributed by atoms with Gasteiger partial charge >= 0.3 is 0 Å². The van der Waals surface area contributed by atoms with Crippen LogP contribution in [0.4, 0.5) is 5.00 Å². The summed E-state index contributed by atoms with van der Waals surface area (Å²) in [6.45, 7) is 8.03. The molecule has 32 heavy (non-hydrogen) atoms. The molecule has 2 N–H and O–H groups in total. The summed E-state index contributed by atoms with van der Waals surface area (Å²) in [6.07, 6.45) is 5.58. The van der Waals surface area contributed by atoms with Gasteiger partial charge in [0.05, 0.1) is 11.6 Å². The van der Waals surface area contributed by atoms with Crippen LogP contribution in [0.25, 0.3) is 11.4 Å². The Hall–Kier alpha value is -3.33. The van der Waals surface area contributed by atoms with Gasteiger partial charge in [-0.25, -0.2) is 4.68 Å². The highest BCUT2D eigenvalue weighted by molar-refractivity contribution is 7.17. The summed E-state index contributed by atoms with van der Waals surface area (Å²) in [5.41, 5.74) is 2.87. The maximum Gasteiger partial charge on any atom is 0.256 e. The lowest BCUT2D eigenvalue weighted by Crippen LogP contribution is -2.26. The number of tetrazole rings is 1. The number of nitrogens with one attached hydrogen (secondary N) is 2. The summed E-state index contributed by atoms with van der Waals surface area (Å²) >= 11 is 1.50. The second-order valence-corrected chi connectivity index (χ2v) is 9.09. The Balaban J connectivity index is 1.63. The first kappa shape index (κ1) is 21.9. The molecule has 2 heterocycles. The van der Waals surface area contributed by atoms with Gasteiger partial charge in [0.25, 0.3) is 11.8 Å². The van der Waals surface area contributed by atoms with Gasteiger partial charge in [0.15, 0.2) is 5.82 Å². The van der Waals surface area contributed by atoms with Gasteiger partial charge in [0.2, 0.25) is 0 Å². The molecule has 2 amide bonds. The number of nitrogens with zero attached hydrogens (tertiary/aromatic N) is 4. The van der Waals surface area contributed by atoms with Crippen molar-refractivity contribution in [3.63, 3.8) is 0 Å². The van der Waals surface area contributed by atoms with E-state index in [1.54, 1.807) is 29.0 Å². The van der Waals surface area contributed by atoms with Crippen LogP contribution in [0, 0.1) is 0 Å². The minimum Gasteiger partial charge on any atom is -0.348 e. The number of fused-ring (bicyclic) bond motifs is 1. The molecule has 0 unspecified atom stereocenters. The maximum atomic E-state index is 13.1. The predicted octanol–water partition coefficient (Wildman–Crippen LogP) is 4.03. The molecule has 0 saturated heterocycles. The van der Waals surface area contributed by atoms with Crippen LogP contribution in [0.2, 0.25) is 0 Å². The number of aromatic nitrogens is 4. The molecule has 3 aromatic rings. The zero-order valence-corrected chi connectivity index (χ0v) is 19.0. The van der Waals surface area contributed by atoms with Crippen molar-refractivity contribution in [3.8, 4) is 11.4 Å². The third-order valence-corrected chi connectivity index (χ3v) is 6.60. The zero-order chi connectivity index (χ0) is 22.7. The highest BCUT2D eigenvalue weighted by atomic mass is 32.1. The molecule has 8 nitrogen and oxygen atoms in total. The number of aryl methyl sites for hydroxylation is 1. The van der Waals surface area contributed by atoms with Crippen molar-refractivity contribution in [1.82, 2.24) is 25.5 Å². The average Bonchev–Trinajstić information content (AvgIpc) is 3.42. The molecular weight excluding hydrogens is 424 g/mol. The normalized spacial score (nSPS) is 13.0. The molecule has 9 heteroatoms. The summed E-state index contributed by atoms with van der Waals surface area (Å²) < 4.78 is 1.71. The number of thiophene rings is 1. The van der Waals surface area contributed by atoms with E-state index in [1.807, 2.05) is 19.9 Å². The Morgan fingerprint density at radius 2 is 2.06 bits per heavy atom. The van der Waals surface area contributed by atoms with Crippen LogP contribution in [-0.4, -0.2) is 38.6 Å². The first-order valence-electron chi connectivity index (χ1n) is 10.7. The van der Waals surface area contributed by atoms with Crippen molar-refractivity contribution in [2.75, 3.05) is 11.9 Å². The zero-order valence-electron chi connectivity index (χ0n) is 18.2. The van der Waals surface area contributed by atoms with Crippen LogP contribution < -0.4 is 10.6 Å². The SMILES string of the molecule is C=CCNC(=O)c1c(NC(=O)c2cccc(-c3nnnn3C(C)C)c2)sc2c1CCCC2. The highest BCUT2D eigenvalue weighted by Gasteiger charge is 2.26. The summed E-state index contributed by atoms with van der Waals surface area (Å²) in [5.74, 6) is 0.155. The lowest BCUT2D eigenvalue weighted by molar-refractivity contribution is 0.0958. The largest absolute Gasteiger partial charge is 0.348 e. The third kappa shape index (κ3) is 4.34. The van der Waals surface area contributed by atoms with Crippen LogP contribution >= 0.6 is 11.3 Å². The number of amides is 2. The van der Waals surface area contributed by atoms with Gasteiger partial charge < -0.3 is 10.6 Å². The molecule has 0 radical (unpaired) electrons. The fourth-order valence-electron chi connectivity index (χ4n) is 3.85. The smallest absolute Gasteiger partial charge is 0.256 e.